The summed E-state index contributed by atoms with van der Waals surface area (Å²) in [5.74, 6) is 1.58. The molecule has 0 aliphatic carbocycles. The van der Waals surface area contributed by atoms with Gasteiger partial charge in [0.25, 0.3) is 0 Å². The highest BCUT2D eigenvalue weighted by Crippen LogP contribution is 2.18. The van der Waals surface area contributed by atoms with Crippen LogP contribution < -0.4 is 10.1 Å². The Balaban J connectivity index is 1.76. The Hall–Kier alpha value is -2.89. The maximum Gasteiger partial charge on any atom is 0.178 e. The normalized spacial score (nSPS) is 10.3. The number of rotatable bonds is 5. The number of hydrogen-bond acceptors (Lipinski definition) is 5. The second kappa shape index (κ2) is 6.04. The third-order valence-corrected chi connectivity index (χ3v) is 3.06. The molecule has 0 unspecified atom stereocenters. The lowest BCUT2D eigenvalue weighted by atomic mass is 10.2. The molecular formula is C15H15N5O. The first-order valence-electron chi connectivity index (χ1n) is 6.53. The van der Waals surface area contributed by atoms with Gasteiger partial charge in [-0.2, -0.15) is 5.10 Å². The molecule has 0 amide bonds. The maximum atomic E-state index is 5.15. The summed E-state index contributed by atoms with van der Waals surface area (Å²) < 4.78 is 6.79. The van der Waals surface area contributed by atoms with Gasteiger partial charge in [-0.25, -0.2) is 14.6 Å². The van der Waals surface area contributed by atoms with Crippen LogP contribution in [0.4, 0.5) is 5.69 Å². The second-order valence-electron chi connectivity index (χ2n) is 4.42. The van der Waals surface area contributed by atoms with E-state index in [1.807, 2.05) is 36.4 Å². The van der Waals surface area contributed by atoms with Gasteiger partial charge in [-0.15, -0.1) is 0 Å². The monoisotopic (exact) mass is 281 g/mol. The SMILES string of the molecule is COc1ccc(CNc2cccnc2-n2cncn2)cc1. The van der Waals surface area contributed by atoms with E-state index >= 15 is 0 Å². The number of aromatic nitrogens is 4. The molecule has 0 fully saturated rings. The van der Waals surface area contributed by atoms with Crippen molar-refractivity contribution >= 4 is 5.69 Å². The number of ether oxygens (including phenoxy) is 1. The highest BCUT2D eigenvalue weighted by Gasteiger charge is 2.06. The molecule has 3 rings (SSSR count). The Morgan fingerprint density at radius 3 is 2.76 bits per heavy atom. The van der Waals surface area contributed by atoms with Crippen LogP contribution in [-0.2, 0) is 6.54 Å². The van der Waals surface area contributed by atoms with E-state index in [2.05, 4.69) is 20.4 Å². The summed E-state index contributed by atoms with van der Waals surface area (Å²) >= 11 is 0. The summed E-state index contributed by atoms with van der Waals surface area (Å²) in [4.78, 5) is 8.29. The third kappa shape index (κ3) is 3.00. The van der Waals surface area contributed by atoms with Gasteiger partial charge in [-0.3, -0.25) is 0 Å². The van der Waals surface area contributed by atoms with E-state index in [4.69, 9.17) is 4.74 Å². The lowest BCUT2D eigenvalue weighted by molar-refractivity contribution is 0.414. The molecule has 2 aromatic heterocycles. The van der Waals surface area contributed by atoms with Gasteiger partial charge in [0.2, 0.25) is 0 Å². The Labute approximate surface area is 122 Å². The predicted molar refractivity (Wildman–Crippen MR) is 79.5 cm³/mol. The number of pyridine rings is 1. The maximum absolute atomic E-state index is 5.15. The van der Waals surface area contributed by atoms with E-state index in [0.717, 1.165) is 22.8 Å². The minimum absolute atomic E-state index is 0.692. The third-order valence-electron chi connectivity index (χ3n) is 3.06. The second-order valence-corrected chi connectivity index (χ2v) is 4.42. The molecule has 106 valence electrons. The van der Waals surface area contributed by atoms with E-state index in [1.54, 1.807) is 24.3 Å². The van der Waals surface area contributed by atoms with Crippen molar-refractivity contribution in [1.82, 2.24) is 19.7 Å². The standard InChI is InChI=1S/C15H15N5O/c1-21-13-6-4-12(5-7-13)9-18-14-3-2-8-17-15(14)20-11-16-10-19-20/h2-8,10-11,18H,9H2,1H3. The van der Waals surface area contributed by atoms with Crippen LogP contribution >= 0.6 is 0 Å². The van der Waals surface area contributed by atoms with E-state index in [-0.39, 0.29) is 0 Å². The fourth-order valence-corrected chi connectivity index (χ4v) is 1.98. The number of anilines is 1. The molecular weight excluding hydrogens is 266 g/mol. The average molecular weight is 281 g/mol. The van der Waals surface area contributed by atoms with Crippen molar-refractivity contribution < 1.29 is 4.74 Å². The molecule has 0 atom stereocenters. The van der Waals surface area contributed by atoms with Crippen molar-refractivity contribution in [2.75, 3.05) is 12.4 Å². The summed E-state index contributed by atoms with van der Waals surface area (Å²) in [6, 6.07) is 11.8. The van der Waals surface area contributed by atoms with Crippen LogP contribution in [0, 0.1) is 0 Å². The molecule has 0 radical (unpaired) electrons. The summed E-state index contributed by atoms with van der Waals surface area (Å²) in [5, 5.41) is 7.47. The van der Waals surface area contributed by atoms with Gasteiger partial charge >= 0.3 is 0 Å². The molecule has 0 bridgehead atoms. The minimum Gasteiger partial charge on any atom is -0.497 e. The largest absolute Gasteiger partial charge is 0.497 e. The molecule has 2 heterocycles. The molecule has 3 aromatic rings. The number of nitrogens with one attached hydrogen (secondary N) is 1. The van der Waals surface area contributed by atoms with Crippen LogP contribution in [0.25, 0.3) is 5.82 Å². The van der Waals surface area contributed by atoms with E-state index in [9.17, 15) is 0 Å². The van der Waals surface area contributed by atoms with Crippen LogP contribution in [0.5, 0.6) is 5.75 Å². The first-order valence-corrected chi connectivity index (χ1v) is 6.53. The molecule has 0 spiro atoms. The molecule has 6 heteroatoms. The van der Waals surface area contributed by atoms with Gasteiger partial charge in [0.1, 0.15) is 18.4 Å². The number of hydrogen-bond donors (Lipinski definition) is 1. The van der Waals surface area contributed by atoms with Crippen LogP contribution in [-0.4, -0.2) is 26.9 Å². The van der Waals surface area contributed by atoms with Crippen molar-refractivity contribution in [2.45, 2.75) is 6.54 Å². The number of methoxy groups -OCH3 is 1. The highest BCUT2D eigenvalue weighted by atomic mass is 16.5. The zero-order chi connectivity index (χ0) is 14.5. The highest BCUT2D eigenvalue weighted by molar-refractivity contribution is 5.56. The van der Waals surface area contributed by atoms with Gasteiger partial charge in [-0.1, -0.05) is 12.1 Å². The number of nitrogens with zero attached hydrogens (tertiary/aromatic N) is 4. The van der Waals surface area contributed by atoms with Crippen molar-refractivity contribution in [3.63, 3.8) is 0 Å². The average Bonchev–Trinajstić information content (AvgIpc) is 3.08. The van der Waals surface area contributed by atoms with Crippen molar-refractivity contribution in [1.29, 1.82) is 0 Å². The lowest BCUT2D eigenvalue weighted by Gasteiger charge is -2.11. The summed E-state index contributed by atoms with van der Waals surface area (Å²) in [6.45, 7) is 0.692. The fourth-order valence-electron chi connectivity index (χ4n) is 1.98. The van der Waals surface area contributed by atoms with Gasteiger partial charge in [0.05, 0.1) is 12.8 Å². The van der Waals surface area contributed by atoms with Gasteiger partial charge in [0.15, 0.2) is 5.82 Å². The van der Waals surface area contributed by atoms with Crippen LogP contribution in [0.3, 0.4) is 0 Å². The first-order chi connectivity index (χ1) is 10.4. The van der Waals surface area contributed by atoms with Gasteiger partial charge in [-0.05, 0) is 29.8 Å². The quantitative estimate of drug-likeness (QED) is 0.777. The van der Waals surface area contributed by atoms with Crippen molar-refractivity contribution in [3.8, 4) is 11.6 Å². The molecule has 0 aliphatic heterocycles. The molecule has 1 aromatic carbocycles. The van der Waals surface area contributed by atoms with Crippen LogP contribution in [0.1, 0.15) is 5.56 Å². The first kappa shape index (κ1) is 13.1. The van der Waals surface area contributed by atoms with Crippen LogP contribution in [0.15, 0.2) is 55.2 Å². The van der Waals surface area contributed by atoms with Gasteiger partial charge in [0, 0.05) is 12.7 Å². The Bertz CT molecular complexity index is 694. The molecule has 6 nitrogen and oxygen atoms in total. The minimum atomic E-state index is 0.692. The van der Waals surface area contributed by atoms with Crippen LogP contribution in [0.2, 0.25) is 0 Å². The molecule has 0 aliphatic rings. The van der Waals surface area contributed by atoms with Crippen molar-refractivity contribution in [2.24, 2.45) is 0 Å². The molecule has 21 heavy (non-hydrogen) atoms. The smallest absolute Gasteiger partial charge is 0.178 e. The molecule has 0 saturated heterocycles. The van der Waals surface area contributed by atoms with E-state index < -0.39 is 0 Å². The number of benzene rings is 1. The Morgan fingerprint density at radius 1 is 1.19 bits per heavy atom. The Kier molecular flexibility index (Phi) is 3.77. The van der Waals surface area contributed by atoms with Gasteiger partial charge < -0.3 is 10.1 Å². The zero-order valence-electron chi connectivity index (χ0n) is 11.6. The molecule has 1 N–H and O–H groups in total. The zero-order valence-corrected chi connectivity index (χ0v) is 11.6. The topological polar surface area (TPSA) is 64.9 Å². The summed E-state index contributed by atoms with van der Waals surface area (Å²) in [7, 11) is 1.66. The predicted octanol–water partition coefficient (Wildman–Crippen LogP) is 2.28. The molecule has 0 saturated carbocycles. The van der Waals surface area contributed by atoms with E-state index in [0.29, 0.717) is 6.54 Å². The van der Waals surface area contributed by atoms with Crippen molar-refractivity contribution in [3.05, 3.63) is 60.8 Å². The Morgan fingerprint density at radius 2 is 2.05 bits per heavy atom. The lowest BCUT2D eigenvalue weighted by Crippen LogP contribution is -2.06. The fraction of sp³-hybridized carbons (Fsp3) is 0.133. The summed E-state index contributed by atoms with van der Waals surface area (Å²) in [6.07, 6.45) is 4.85. The summed E-state index contributed by atoms with van der Waals surface area (Å²) in [5.41, 5.74) is 2.06. The van der Waals surface area contributed by atoms with E-state index in [1.165, 1.54) is 6.33 Å².